The molecule has 0 aliphatic heterocycles. The number of nitrogens with one attached hydrogen (secondary N) is 1. The first-order valence-corrected chi connectivity index (χ1v) is 5.99. The van der Waals surface area contributed by atoms with Crippen LogP contribution in [-0.4, -0.2) is 25.2 Å². The highest BCUT2D eigenvalue weighted by atomic mass is 19.1. The Hall–Kier alpha value is -2.83. The molecule has 110 valence electrons. The summed E-state index contributed by atoms with van der Waals surface area (Å²) in [6, 6.07) is 5.63. The molecule has 1 heterocycles. The number of hydrogen-bond donors (Lipinski definition) is 2. The zero-order valence-electron chi connectivity index (χ0n) is 11.5. The van der Waals surface area contributed by atoms with E-state index in [-0.39, 0.29) is 22.8 Å². The lowest BCUT2D eigenvalue weighted by atomic mass is 10.2. The zero-order valence-corrected chi connectivity index (χ0v) is 11.5. The minimum absolute atomic E-state index is 0.151. The van der Waals surface area contributed by atoms with Crippen molar-refractivity contribution in [3.05, 3.63) is 41.8 Å². The Labute approximate surface area is 120 Å². The Morgan fingerprint density at radius 3 is 2.76 bits per heavy atom. The van der Waals surface area contributed by atoms with Crippen molar-refractivity contribution in [1.29, 1.82) is 0 Å². The summed E-state index contributed by atoms with van der Waals surface area (Å²) in [4.78, 5) is 15.6. The lowest BCUT2D eigenvalue weighted by Gasteiger charge is -2.10. The minimum atomic E-state index is -0.593. The summed E-state index contributed by atoms with van der Waals surface area (Å²) in [6.07, 6.45) is 1.30. The number of ether oxygens (including phenoxy) is 2. The second kappa shape index (κ2) is 6.08. The summed E-state index contributed by atoms with van der Waals surface area (Å²) in [6.45, 7) is 0. The van der Waals surface area contributed by atoms with E-state index in [4.69, 9.17) is 10.5 Å². The lowest BCUT2D eigenvalue weighted by molar-refractivity contribution is 0.0602. The highest BCUT2D eigenvalue weighted by Gasteiger charge is 2.13. The lowest BCUT2D eigenvalue weighted by Crippen LogP contribution is -2.07. The van der Waals surface area contributed by atoms with Crippen LogP contribution < -0.4 is 15.8 Å². The largest absolute Gasteiger partial charge is 0.497 e. The van der Waals surface area contributed by atoms with Gasteiger partial charge in [0.15, 0.2) is 0 Å². The second-order valence-electron chi connectivity index (χ2n) is 4.12. The molecule has 0 fully saturated rings. The molecule has 2 rings (SSSR count). The minimum Gasteiger partial charge on any atom is -0.497 e. The molecule has 0 aliphatic carbocycles. The molecule has 2 aromatic rings. The van der Waals surface area contributed by atoms with E-state index in [0.717, 1.165) is 0 Å². The van der Waals surface area contributed by atoms with Gasteiger partial charge in [-0.3, -0.25) is 0 Å². The monoisotopic (exact) mass is 291 g/mol. The van der Waals surface area contributed by atoms with Gasteiger partial charge in [-0.15, -0.1) is 0 Å². The first kappa shape index (κ1) is 14.6. The average molecular weight is 291 g/mol. The highest BCUT2D eigenvalue weighted by molar-refractivity contribution is 5.95. The van der Waals surface area contributed by atoms with E-state index in [0.29, 0.717) is 5.75 Å². The maximum absolute atomic E-state index is 13.7. The van der Waals surface area contributed by atoms with E-state index in [9.17, 15) is 9.18 Å². The zero-order chi connectivity index (χ0) is 15.4. The fraction of sp³-hybridized carbons (Fsp3) is 0.143. The SMILES string of the molecule is COC(=O)c1cc(Nc2cc(OC)ccc2F)ncc1N. The second-order valence-corrected chi connectivity index (χ2v) is 4.12. The molecular weight excluding hydrogens is 277 g/mol. The van der Waals surface area contributed by atoms with Crippen molar-refractivity contribution >= 4 is 23.2 Å². The Morgan fingerprint density at radius 1 is 1.33 bits per heavy atom. The Morgan fingerprint density at radius 2 is 2.10 bits per heavy atom. The van der Waals surface area contributed by atoms with Gasteiger partial charge in [0.25, 0.3) is 0 Å². The normalized spacial score (nSPS) is 10.0. The number of nitrogens with two attached hydrogens (primary N) is 1. The molecule has 0 saturated heterocycles. The molecule has 0 amide bonds. The first-order valence-electron chi connectivity index (χ1n) is 5.99. The van der Waals surface area contributed by atoms with Crippen LogP contribution in [0.25, 0.3) is 0 Å². The van der Waals surface area contributed by atoms with Gasteiger partial charge in [0.2, 0.25) is 0 Å². The fourth-order valence-corrected chi connectivity index (χ4v) is 1.69. The number of nitrogens with zero attached hydrogens (tertiary/aromatic N) is 1. The van der Waals surface area contributed by atoms with Gasteiger partial charge < -0.3 is 20.5 Å². The van der Waals surface area contributed by atoms with Crippen molar-refractivity contribution in [2.24, 2.45) is 0 Å². The Kier molecular flexibility index (Phi) is 4.22. The maximum Gasteiger partial charge on any atom is 0.340 e. The van der Waals surface area contributed by atoms with E-state index in [1.807, 2.05) is 0 Å². The van der Waals surface area contributed by atoms with Crippen LogP contribution in [0, 0.1) is 5.82 Å². The maximum atomic E-state index is 13.7. The summed E-state index contributed by atoms with van der Waals surface area (Å²) >= 11 is 0. The van der Waals surface area contributed by atoms with Crippen LogP contribution in [0.2, 0.25) is 0 Å². The van der Waals surface area contributed by atoms with Crippen molar-refractivity contribution < 1.29 is 18.7 Å². The third kappa shape index (κ3) is 3.19. The van der Waals surface area contributed by atoms with Gasteiger partial charge in [-0.25, -0.2) is 14.2 Å². The van der Waals surface area contributed by atoms with Gasteiger partial charge in [0.1, 0.15) is 17.4 Å². The number of rotatable bonds is 4. The van der Waals surface area contributed by atoms with Crippen LogP contribution in [0.5, 0.6) is 5.75 Å². The number of anilines is 3. The van der Waals surface area contributed by atoms with E-state index < -0.39 is 11.8 Å². The van der Waals surface area contributed by atoms with Crippen molar-refractivity contribution in [2.75, 3.05) is 25.3 Å². The molecule has 0 radical (unpaired) electrons. The van der Waals surface area contributed by atoms with Gasteiger partial charge in [0.05, 0.1) is 37.4 Å². The van der Waals surface area contributed by atoms with Crippen LogP contribution in [0.15, 0.2) is 30.5 Å². The number of halogens is 1. The molecule has 0 atom stereocenters. The molecule has 3 N–H and O–H groups in total. The van der Waals surface area contributed by atoms with E-state index in [1.54, 1.807) is 0 Å². The summed E-state index contributed by atoms with van der Waals surface area (Å²) in [5.41, 5.74) is 6.15. The van der Waals surface area contributed by atoms with E-state index >= 15 is 0 Å². The summed E-state index contributed by atoms with van der Waals surface area (Å²) < 4.78 is 23.4. The summed E-state index contributed by atoms with van der Waals surface area (Å²) in [5.74, 6) is -0.322. The Balaban J connectivity index is 2.34. The molecule has 7 heteroatoms. The predicted octanol–water partition coefficient (Wildman–Crippen LogP) is 2.34. The molecule has 6 nitrogen and oxygen atoms in total. The molecule has 0 unspecified atom stereocenters. The molecule has 0 aliphatic rings. The Bertz CT molecular complexity index is 677. The topological polar surface area (TPSA) is 86.5 Å². The van der Waals surface area contributed by atoms with Crippen LogP contribution in [0.4, 0.5) is 21.6 Å². The highest BCUT2D eigenvalue weighted by Crippen LogP contribution is 2.25. The number of nitrogen functional groups attached to an aromatic ring is 1. The standard InChI is InChI=1S/C14H14FN3O3/c1-20-8-3-4-10(15)12(5-8)18-13-6-9(14(19)21-2)11(16)7-17-13/h3-7H,16H2,1-2H3,(H,17,18). The molecule has 0 spiro atoms. The van der Waals surface area contributed by atoms with Crippen molar-refractivity contribution in [2.45, 2.75) is 0 Å². The van der Waals surface area contributed by atoms with Crippen LogP contribution in [0.1, 0.15) is 10.4 Å². The van der Waals surface area contributed by atoms with Gasteiger partial charge in [-0.2, -0.15) is 0 Å². The van der Waals surface area contributed by atoms with Crippen molar-refractivity contribution in [3.8, 4) is 5.75 Å². The van der Waals surface area contributed by atoms with Crippen molar-refractivity contribution in [1.82, 2.24) is 4.98 Å². The number of pyridine rings is 1. The molecule has 1 aromatic heterocycles. The molecule has 0 saturated carbocycles. The third-order valence-corrected chi connectivity index (χ3v) is 2.78. The smallest absolute Gasteiger partial charge is 0.340 e. The molecule has 0 bridgehead atoms. The molecular formula is C14H14FN3O3. The quantitative estimate of drug-likeness (QED) is 0.841. The first-order chi connectivity index (χ1) is 10.0. The van der Waals surface area contributed by atoms with E-state index in [2.05, 4.69) is 15.0 Å². The van der Waals surface area contributed by atoms with Gasteiger partial charge in [0, 0.05) is 6.07 Å². The van der Waals surface area contributed by atoms with Crippen LogP contribution in [0.3, 0.4) is 0 Å². The number of benzene rings is 1. The summed E-state index contributed by atoms with van der Waals surface area (Å²) in [7, 11) is 2.73. The number of esters is 1. The average Bonchev–Trinajstić information content (AvgIpc) is 2.50. The number of hydrogen-bond acceptors (Lipinski definition) is 6. The van der Waals surface area contributed by atoms with Crippen molar-refractivity contribution in [3.63, 3.8) is 0 Å². The third-order valence-electron chi connectivity index (χ3n) is 2.78. The number of aromatic nitrogens is 1. The van der Waals surface area contributed by atoms with Crippen LogP contribution >= 0.6 is 0 Å². The van der Waals surface area contributed by atoms with Crippen LogP contribution in [-0.2, 0) is 4.74 Å². The van der Waals surface area contributed by atoms with Gasteiger partial charge >= 0.3 is 5.97 Å². The fourth-order valence-electron chi connectivity index (χ4n) is 1.69. The number of carbonyl (C=O) groups excluding carboxylic acids is 1. The number of methoxy groups -OCH3 is 2. The molecule has 21 heavy (non-hydrogen) atoms. The summed E-state index contributed by atoms with van der Waals surface area (Å²) in [5, 5.41) is 2.76. The van der Waals surface area contributed by atoms with Gasteiger partial charge in [-0.05, 0) is 18.2 Å². The number of carbonyl (C=O) groups is 1. The molecule has 1 aromatic carbocycles. The van der Waals surface area contributed by atoms with E-state index in [1.165, 1.54) is 44.7 Å². The van der Waals surface area contributed by atoms with Gasteiger partial charge in [-0.1, -0.05) is 0 Å². The predicted molar refractivity (Wildman–Crippen MR) is 76.2 cm³/mol.